The number of likely N-dealkylation sites (tertiary alicyclic amines) is 1. The van der Waals surface area contributed by atoms with Crippen molar-refractivity contribution in [1.29, 1.82) is 0 Å². The first-order valence-corrected chi connectivity index (χ1v) is 10.0. The Labute approximate surface area is 172 Å². The van der Waals surface area contributed by atoms with Crippen LogP contribution in [0.15, 0.2) is 16.9 Å². The predicted octanol–water partition coefficient (Wildman–Crippen LogP) is 2.21. The van der Waals surface area contributed by atoms with Crippen molar-refractivity contribution in [1.82, 2.24) is 20.0 Å². The Balaban J connectivity index is 0.00000312. The molecule has 2 rings (SSSR count). The van der Waals surface area contributed by atoms with Crippen molar-refractivity contribution in [2.45, 2.75) is 32.2 Å². The molecule has 0 aliphatic carbocycles. The predicted molar refractivity (Wildman–Crippen MR) is 113 cm³/mol. The van der Waals surface area contributed by atoms with Crippen LogP contribution in [0.4, 0.5) is 0 Å². The fourth-order valence-corrected chi connectivity index (χ4v) is 3.69. The van der Waals surface area contributed by atoms with E-state index in [0.717, 1.165) is 32.5 Å². The number of halogens is 2. The Morgan fingerprint density at radius 3 is 2.69 bits per heavy atom. The first kappa shape index (κ1) is 25.2. The Bertz CT molecular complexity index is 615. The molecule has 1 aromatic heterocycles. The number of amides is 1. The van der Waals surface area contributed by atoms with Gasteiger partial charge >= 0.3 is 0 Å². The number of hydrogen-bond acceptors (Lipinski definition) is 5. The summed E-state index contributed by atoms with van der Waals surface area (Å²) in [6.07, 6.45) is 5.55. The minimum atomic E-state index is -0.212. The van der Waals surface area contributed by atoms with Gasteiger partial charge in [-0.3, -0.25) is 9.59 Å². The van der Waals surface area contributed by atoms with Gasteiger partial charge in [0.15, 0.2) is 0 Å². The number of carbonyl (C=O) groups is 1. The molecule has 1 fully saturated rings. The molecule has 6 nitrogen and oxygen atoms in total. The van der Waals surface area contributed by atoms with E-state index in [1.54, 1.807) is 7.05 Å². The van der Waals surface area contributed by atoms with Gasteiger partial charge in [0.05, 0.1) is 0 Å². The summed E-state index contributed by atoms with van der Waals surface area (Å²) in [6.45, 7) is 5.22. The van der Waals surface area contributed by atoms with E-state index in [1.807, 2.05) is 11.8 Å². The van der Waals surface area contributed by atoms with Gasteiger partial charge in [0, 0.05) is 32.2 Å². The standard InChI is InChI=1S/C17H28N4O2S.2ClH/c1-4-6-13-11-21(9-5-10-24-3)12-15(13)18-17(23)14-7-8-16(22)20(2)19-14;;/h7-8,13,15H,4-6,9-12H2,1-3H3,(H,18,23);2*1H/t13-,15-;;/m0../s1. The van der Waals surface area contributed by atoms with E-state index >= 15 is 0 Å². The smallest absolute Gasteiger partial charge is 0.271 e. The number of aromatic nitrogens is 2. The third-order valence-electron chi connectivity index (χ3n) is 4.51. The van der Waals surface area contributed by atoms with Crippen molar-refractivity contribution in [3.05, 3.63) is 28.2 Å². The molecule has 2 atom stereocenters. The molecule has 1 aromatic rings. The van der Waals surface area contributed by atoms with Crippen LogP contribution in [0.3, 0.4) is 0 Å². The first-order chi connectivity index (χ1) is 11.5. The van der Waals surface area contributed by atoms with Gasteiger partial charge < -0.3 is 10.2 Å². The Morgan fingerprint density at radius 2 is 2.08 bits per heavy atom. The highest BCUT2D eigenvalue weighted by atomic mass is 35.5. The minimum Gasteiger partial charge on any atom is -0.346 e. The molecule has 9 heteroatoms. The summed E-state index contributed by atoms with van der Waals surface area (Å²) in [5, 5.41) is 7.17. The fraction of sp³-hybridized carbons (Fsp3) is 0.706. The zero-order chi connectivity index (χ0) is 17.5. The zero-order valence-electron chi connectivity index (χ0n) is 15.6. The number of aryl methyl sites for hydroxylation is 1. The maximum Gasteiger partial charge on any atom is 0.271 e. The van der Waals surface area contributed by atoms with E-state index in [-0.39, 0.29) is 42.3 Å². The molecule has 1 N–H and O–H groups in total. The second-order valence-corrected chi connectivity index (χ2v) is 7.40. The molecule has 26 heavy (non-hydrogen) atoms. The summed E-state index contributed by atoms with van der Waals surface area (Å²) < 4.78 is 1.20. The van der Waals surface area contributed by atoms with E-state index in [1.165, 1.54) is 29.0 Å². The second kappa shape index (κ2) is 12.6. The summed E-state index contributed by atoms with van der Waals surface area (Å²) >= 11 is 1.87. The summed E-state index contributed by atoms with van der Waals surface area (Å²) in [4.78, 5) is 26.3. The summed E-state index contributed by atoms with van der Waals surface area (Å²) in [5.41, 5.74) is 0.0874. The highest BCUT2D eigenvalue weighted by Gasteiger charge is 2.33. The number of carbonyl (C=O) groups excluding carboxylic acids is 1. The van der Waals surface area contributed by atoms with Crippen molar-refractivity contribution in [3.63, 3.8) is 0 Å². The maximum atomic E-state index is 12.5. The lowest BCUT2D eigenvalue weighted by Gasteiger charge is -2.19. The minimum absolute atomic E-state index is 0. The van der Waals surface area contributed by atoms with Crippen LogP contribution in [0.1, 0.15) is 36.7 Å². The van der Waals surface area contributed by atoms with Crippen LogP contribution in [0.2, 0.25) is 0 Å². The molecular weight excluding hydrogens is 395 g/mol. The monoisotopic (exact) mass is 424 g/mol. The average molecular weight is 425 g/mol. The molecule has 0 bridgehead atoms. The molecule has 0 unspecified atom stereocenters. The number of nitrogens with one attached hydrogen (secondary N) is 1. The van der Waals surface area contributed by atoms with Crippen LogP contribution < -0.4 is 10.9 Å². The van der Waals surface area contributed by atoms with E-state index < -0.39 is 0 Å². The molecule has 2 heterocycles. The lowest BCUT2D eigenvalue weighted by molar-refractivity contribution is 0.0921. The van der Waals surface area contributed by atoms with Gasteiger partial charge in [-0.05, 0) is 43.4 Å². The molecule has 1 saturated heterocycles. The van der Waals surface area contributed by atoms with Crippen molar-refractivity contribution in [2.75, 3.05) is 31.6 Å². The van der Waals surface area contributed by atoms with Crippen LogP contribution in [-0.2, 0) is 7.05 Å². The van der Waals surface area contributed by atoms with Gasteiger partial charge in [-0.25, -0.2) is 4.68 Å². The number of nitrogens with zero attached hydrogens (tertiary/aromatic N) is 3. The maximum absolute atomic E-state index is 12.5. The Morgan fingerprint density at radius 1 is 1.35 bits per heavy atom. The highest BCUT2D eigenvalue weighted by Crippen LogP contribution is 2.22. The van der Waals surface area contributed by atoms with Gasteiger partial charge in [-0.15, -0.1) is 24.8 Å². The lowest BCUT2D eigenvalue weighted by Crippen LogP contribution is -2.41. The molecule has 0 saturated carbocycles. The lowest BCUT2D eigenvalue weighted by atomic mass is 9.98. The van der Waals surface area contributed by atoms with Crippen molar-refractivity contribution in [2.24, 2.45) is 13.0 Å². The Hall–Kier alpha value is -0.760. The molecular formula is C17H30Cl2N4O2S. The summed E-state index contributed by atoms with van der Waals surface area (Å²) in [7, 11) is 1.56. The van der Waals surface area contributed by atoms with Gasteiger partial charge in [0.25, 0.3) is 11.5 Å². The number of rotatable bonds is 8. The van der Waals surface area contributed by atoms with Crippen LogP contribution in [0.25, 0.3) is 0 Å². The number of hydrogen-bond donors (Lipinski definition) is 1. The highest BCUT2D eigenvalue weighted by molar-refractivity contribution is 7.98. The molecule has 1 aliphatic rings. The molecule has 0 aromatic carbocycles. The van der Waals surface area contributed by atoms with E-state index in [2.05, 4.69) is 28.5 Å². The van der Waals surface area contributed by atoms with Crippen LogP contribution in [0, 0.1) is 5.92 Å². The van der Waals surface area contributed by atoms with E-state index in [4.69, 9.17) is 0 Å². The molecule has 0 spiro atoms. The molecule has 0 radical (unpaired) electrons. The molecule has 1 aliphatic heterocycles. The van der Waals surface area contributed by atoms with Gasteiger partial charge in [0.2, 0.25) is 0 Å². The Kier molecular flexibility index (Phi) is 12.2. The third-order valence-corrected chi connectivity index (χ3v) is 5.21. The quantitative estimate of drug-likeness (QED) is 0.647. The van der Waals surface area contributed by atoms with Crippen molar-refractivity contribution >= 4 is 42.5 Å². The normalized spacial score (nSPS) is 19.5. The van der Waals surface area contributed by atoms with Crippen LogP contribution in [0.5, 0.6) is 0 Å². The fourth-order valence-electron chi connectivity index (χ4n) is 3.27. The zero-order valence-corrected chi connectivity index (χ0v) is 18.1. The van der Waals surface area contributed by atoms with Crippen molar-refractivity contribution in [3.8, 4) is 0 Å². The van der Waals surface area contributed by atoms with Crippen LogP contribution >= 0.6 is 36.6 Å². The largest absolute Gasteiger partial charge is 0.346 e. The second-order valence-electron chi connectivity index (χ2n) is 6.42. The summed E-state index contributed by atoms with van der Waals surface area (Å²) in [5.74, 6) is 1.47. The van der Waals surface area contributed by atoms with Gasteiger partial charge in [0.1, 0.15) is 5.69 Å². The molecule has 150 valence electrons. The van der Waals surface area contributed by atoms with Gasteiger partial charge in [-0.2, -0.15) is 16.9 Å². The van der Waals surface area contributed by atoms with E-state index in [9.17, 15) is 9.59 Å². The van der Waals surface area contributed by atoms with Crippen molar-refractivity contribution < 1.29 is 4.79 Å². The van der Waals surface area contributed by atoms with Crippen LogP contribution in [-0.4, -0.2) is 58.3 Å². The SMILES string of the molecule is CCC[C@H]1CN(CCCSC)C[C@@H]1NC(=O)c1ccc(=O)n(C)n1.Cl.Cl. The summed E-state index contributed by atoms with van der Waals surface area (Å²) in [6, 6.07) is 3.04. The molecule has 1 amide bonds. The van der Waals surface area contributed by atoms with Gasteiger partial charge in [-0.1, -0.05) is 13.3 Å². The first-order valence-electron chi connectivity index (χ1n) is 8.61. The topological polar surface area (TPSA) is 67.2 Å². The number of thioether (sulfide) groups is 1. The van der Waals surface area contributed by atoms with E-state index in [0.29, 0.717) is 11.6 Å². The average Bonchev–Trinajstić information content (AvgIpc) is 2.92. The third kappa shape index (κ3) is 7.10.